The van der Waals surface area contributed by atoms with Gasteiger partial charge in [-0.2, -0.15) is 0 Å². The monoisotopic (exact) mass is 482 g/mol. The summed E-state index contributed by atoms with van der Waals surface area (Å²) in [5.74, 6) is 0.402. The number of aromatic nitrogens is 1. The molecule has 184 valence electrons. The number of carbonyl (C=O) groups excluding carboxylic acids is 2. The van der Waals surface area contributed by atoms with Crippen molar-refractivity contribution in [2.75, 3.05) is 6.61 Å². The average molecular weight is 483 g/mol. The maximum absolute atomic E-state index is 13.4. The van der Waals surface area contributed by atoms with Crippen LogP contribution in [-0.4, -0.2) is 28.6 Å². The van der Waals surface area contributed by atoms with Crippen LogP contribution in [0, 0.1) is 6.92 Å². The van der Waals surface area contributed by atoms with Gasteiger partial charge in [0.1, 0.15) is 5.75 Å². The van der Waals surface area contributed by atoms with Crippen LogP contribution in [0.4, 0.5) is 0 Å². The summed E-state index contributed by atoms with van der Waals surface area (Å²) in [7, 11) is 0. The number of ketones is 1. The van der Waals surface area contributed by atoms with Crippen molar-refractivity contribution >= 4 is 39.3 Å². The Morgan fingerprint density at radius 3 is 2.64 bits per heavy atom. The maximum Gasteiger partial charge on any atom is 0.335 e. The van der Waals surface area contributed by atoms with E-state index in [2.05, 4.69) is 22.7 Å². The van der Waals surface area contributed by atoms with Crippen molar-refractivity contribution in [3.63, 3.8) is 0 Å². The second-order valence-electron chi connectivity index (χ2n) is 9.16. The summed E-state index contributed by atoms with van der Waals surface area (Å²) in [4.78, 5) is 30.6. The number of fused-ring (bicyclic) bond motifs is 5. The number of carbonyl (C=O) groups is 2. The molecule has 1 aromatic heterocycles. The van der Waals surface area contributed by atoms with Crippen molar-refractivity contribution in [2.24, 2.45) is 5.16 Å². The molecular formula is C30H30N2O4. The van der Waals surface area contributed by atoms with E-state index in [4.69, 9.17) is 9.57 Å². The van der Waals surface area contributed by atoms with Crippen LogP contribution in [0.5, 0.6) is 5.75 Å². The smallest absolute Gasteiger partial charge is 0.335 e. The van der Waals surface area contributed by atoms with Crippen LogP contribution in [0.15, 0.2) is 59.8 Å². The molecule has 0 spiro atoms. The number of oxime groups is 1. The standard InChI is InChI=1S/C30H30N2O4/c1-4-6-11-27(33)36-31-24-16-17-35-30-22(24)13-15-26-28(30)23-18-20(12-14-25(23)32(26)5-2)29(34)21-10-8-7-9-19(21)3/h7-10,12-15,18H,4-6,11,16-17H2,1-3H3/b31-24+. The topological polar surface area (TPSA) is 69.9 Å². The second-order valence-corrected chi connectivity index (χ2v) is 9.16. The fourth-order valence-electron chi connectivity index (χ4n) is 4.95. The minimum Gasteiger partial charge on any atom is -0.492 e. The molecule has 0 bridgehead atoms. The molecule has 5 rings (SSSR count). The van der Waals surface area contributed by atoms with E-state index in [-0.39, 0.29) is 11.8 Å². The second kappa shape index (κ2) is 9.97. The van der Waals surface area contributed by atoms with Crippen molar-refractivity contribution in [3.8, 4) is 5.75 Å². The Bertz CT molecular complexity index is 1510. The van der Waals surface area contributed by atoms with E-state index in [1.807, 2.05) is 62.4 Å². The molecule has 0 fully saturated rings. The molecule has 6 nitrogen and oxygen atoms in total. The third kappa shape index (κ3) is 4.17. The van der Waals surface area contributed by atoms with E-state index in [9.17, 15) is 9.59 Å². The molecule has 0 radical (unpaired) electrons. The highest BCUT2D eigenvalue weighted by Crippen LogP contribution is 2.41. The van der Waals surface area contributed by atoms with Gasteiger partial charge in [-0.15, -0.1) is 0 Å². The molecule has 0 aliphatic carbocycles. The van der Waals surface area contributed by atoms with Crippen LogP contribution < -0.4 is 4.74 Å². The molecule has 0 atom stereocenters. The zero-order chi connectivity index (χ0) is 25.2. The highest BCUT2D eigenvalue weighted by Gasteiger charge is 2.25. The van der Waals surface area contributed by atoms with Gasteiger partial charge < -0.3 is 14.1 Å². The van der Waals surface area contributed by atoms with E-state index in [1.54, 1.807) is 0 Å². The first-order chi connectivity index (χ1) is 17.5. The highest BCUT2D eigenvalue weighted by atomic mass is 16.7. The molecule has 4 aromatic rings. The normalized spacial score (nSPS) is 14.1. The van der Waals surface area contributed by atoms with Crippen LogP contribution in [0.25, 0.3) is 21.8 Å². The van der Waals surface area contributed by atoms with Gasteiger partial charge in [-0.05, 0) is 56.2 Å². The summed E-state index contributed by atoms with van der Waals surface area (Å²) in [5.41, 5.74) is 5.89. The van der Waals surface area contributed by atoms with E-state index in [0.29, 0.717) is 36.3 Å². The Labute approximate surface area is 210 Å². The van der Waals surface area contributed by atoms with E-state index >= 15 is 0 Å². The minimum absolute atomic E-state index is 0.000594. The summed E-state index contributed by atoms with van der Waals surface area (Å²) in [6.07, 6.45) is 2.63. The predicted octanol–water partition coefficient (Wildman–Crippen LogP) is 6.57. The summed E-state index contributed by atoms with van der Waals surface area (Å²) >= 11 is 0. The summed E-state index contributed by atoms with van der Waals surface area (Å²) in [5, 5.41) is 6.13. The van der Waals surface area contributed by atoms with Gasteiger partial charge in [0.15, 0.2) is 5.78 Å². The number of benzene rings is 3. The van der Waals surface area contributed by atoms with Gasteiger partial charge in [-0.25, -0.2) is 4.79 Å². The molecule has 0 unspecified atom stereocenters. The first-order valence-electron chi connectivity index (χ1n) is 12.6. The lowest BCUT2D eigenvalue weighted by atomic mass is 9.96. The molecule has 2 heterocycles. The zero-order valence-electron chi connectivity index (χ0n) is 21.0. The van der Waals surface area contributed by atoms with E-state index in [0.717, 1.165) is 58.1 Å². The predicted molar refractivity (Wildman–Crippen MR) is 142 cm³/mol. The Balaban J connectivity index is 1.64. The molecular weight excluding hydrogens is 452 g/mol. The SMILES string of the molecule is CCCCC(=O)O/N=C1\CCOc2c1ccc1c2c2cc(C(=O)c3ccccc3C)ccc2n1CC. The number of unbranched alkanes of at least 4 members (excludes halogenated alkanes) is 1. The number of hydrogen-bond donors (Lipinski definition) is 0. The van der Waals surface area contributed by atoms with Crippen molar-refractivity contribution in [3.05, 3.63) is 76.9 Å². The lowest BCUT2D eigenvalue weighted by Gasteiger charge is -2.20. The van der Waals surface area contributed by atoms with Gasteiger partial charge in [-0.1, -0.05) is 42.8 Å². The van der Waals surface area contributed by atoms with Crippen LogP contribution in [0.3, 0.4) is 0 Å². The Hall–Kier alpha value is -3.93. The number of ether oxygens (including phenoxy) is 1. The van der Waals surface area contributed by atoms with Crippen LogP contribution in [0.1, 0.15) is 66.6 Å². The Morgan fingerprint density at radius 2 is 1.86 bits per heavy atom. The summed E-state index contributed by atoms with van der Waals surface area (Å²) in [6, 6.07) is 17.6. The molecule has 6 heteroatoms. The number of rotatable bonds is 7. The fourth-order valence-corrected chi connectivity index (χ4v) is 4.95. The van der Waals surface area contributed by atoms with Crippen molar-refractivity contribution < 1.29 is 19.2 Å². The molecule has 0 saturated carbocycles. The molecule has 36 heavy (non-hydrogen) atoms. The lowest BCUT2D eigenvalue weighted by molar-refractivity contribution is -0.143. The van der Waals surface area contributed by atoms with Crippen LogP contribution >= 0.6 is 0 Å². The van der Waals surface area contributed by atoms with Gasteiger partial charge in [0.25, 0.3) is 0 Å². The summed E-state index contributed by atoms with van der Waals surface area (Å²) in [6.45, 7) is 7.31. The third-order valence-electron chi connectivity index (χ3n) is 6.84. The van der Waals surface area contributed by atoms with Gasteiger partial charge in [0.05, 0.1) is 23.2 Å². The van der Waals surface area contributed by atoms with Crippen molar-refractivity contribution in [1.29, 1.82) is 0 Å². The van der Waals surface area contributed by atoms with E-state index < -0.39 is 0 Å². The van der Waals surface area contributed by atoms with Gasteiger partial charge in [-0.3, -0.25) is 4.79 Å². The zero-order valence-corrected chi connectivity index (χ0v) is 21.0. The van der Waals surface area contributed by atoms with Crippen molar-refractivity contribution in [2.45, 2.75) is 53.0 Å². The molecule has 1 aliphatic rings. The quantitative estimate of drug-likeness (QED) is 0.170. The molecule has 0 saturated heterocycles. The highest BCUT2D eigenvalue weighted by molar-refractivity contribution is 6.19. The molecule has 0 N–H and O–H groups in total. The van der Waals surface area contributed by atoms with Gasteiger partial charge in [0, 0.05) is 47.0 Å². The van der Waals surface area contributed by atoms with Crippen molar-refractivity contribution in [1.82, 2.24) is 4.57 Å². The summed E-state index contributed by atoms with van der Waals surface area (Å²) < 4.78 is 8.42. The molecule has 0 amide bonds. The average Bonchev–Trinajstić information content (AvgIpc) is 3.23. The number of nitrogens with zero attached hydrogens (tertiary/aromatic N) is 2. The lowest BCUT2D eigenvalue weighted by Crippen LogP contribution is -2.17. The van der Waals surface area contributed by atoms with Crippen LogP contribution in [-0.2, 0) is 16.2 Å². The fraction of sp³-hybridized carbons (Fsp3) is 0.300. The number of aryl methyl sites for hydroxylation is 2. The molecule has 1 aliphatic heterocycles. The molecule has 3 aromatic carbocycles. The maximum atomic E-state index is 13.4. The Morgan fingerprint density at radius 1 is 1.06 bits per heavy atom. The van der Waals surface area contributed by atoms with E-state index in [1.165, 1.54) is 0 Å². The van der Waals surface area contributed by atoms with Crippen LogP contribution in [0.2, 0.25) is 0 Å². The van der Waals surface area contributed by atoms with Gasteiger partial charge >= 0.3 is 5.97 Å². The number of hydrogen-bond acceptors (Lipinski definition) is 5. The largest absolute Gasteiger partial charge is 0.492 e. The van der Waals surface area contributed by atoms with Gasteiger partial charge in [0.2, 0.25) is 0 Å². The third-order valence-corrected chi connectivity index (χ3v) is 6.84. The first-order valence-corrected chi connectivity index (χ1v) is 12.6. The Kier molecular flexibility index (Phi) is 6.59. The first kappa shape index (κ1) is 23.8. The minimum atomic E-state index is -0.319.